The van der Waals surface area contributed by atoms with Gasteiger partial charge < -0.3 is 15.2 Å². The molecule has 0 aliphatic carbocycles. The van der Waals surface area contributed by atoms with Crippen molar-refractivity contribution in [2.75, 3.05) is 13.2 Å². The SMILES string of the molecule is CC(NC(C)C1CCOC1)c1ccc(O)cc1. The fourth-order valence-corrected chi connectivity index (χ4v) is 2.34. The van der Waals surface area contributed by atoms with Gasteiger partial charge in [-0.25, -0.2) is 0 Å². The lowest BCUT2D eigenvalue weighted by molar-refractivity contribution is 0.177. The summed E-state index contributed by atoms with van der Waals surface area (Å²) in [6, 6.07) is 8.15. The van der Waals surface area contributed by atoms with Crippen LogP contribution in [0.2, 0.25) is 0 Å². The third kappa shape index (κ3) is 3.20. The van der Waals surface area contributed by atoms with Crippen LogP contribution in [0.5, 0.6) is 5.75 Å². The van der Waals surface area contributed by atoms with Crippen molar-refractivity contribution >= 4 is 0 Å². The van der Waals surface area contributed by atoms with Crippen LogP contribution in [0.25, 0.3) is 0 Å². The lowest BCUT2D eigenvalue weighted by atomic mass is 9.98. The van der Waals surface area contributed by atoms with E-state index in [0.29, 0.717) is 23.8 Å². The minimum absolute atomic E-state index is 0.297. The number of phenols is 1. The van der Waals surface area contributed by atoms with Crippen molar-refractivity contribution in [3.63, 3.8) is 0 Å². The molecule has 1 saturated heterocycles. The van der Waals surface area contributed by atoms with E-state index in [4.69, 9.17) is 4.74 Å². The first kappa shape index (κ1) is 12.4. The van der Waals surface area contributed by atoms with Gasteiger partial charge in [0.2, 0.25) is 0 Å². The summed E-state index contributed by atoms with van der Waals surface area (Å²) in [5, 5.41) is 12.9. The highest BCUT2D eigenvalue weighted by Gasteiger charge is 2.23. The van der Waals surface area contributed by atoms with E-state index in [0.717, 1.165) is 19.6 Å². The molecule has 1 aromatic rings. The number of hydrogen-bond donors (Lipinski definition) is 2. The Bertz CT molecular complexity index is 344. The minimum Gasteiger partial charge on any atom is -0.508 e. The number of ether oxygens (including phenoxy) is 1. The van der Waals surface area contributed by atoms with E-state index in [1.165, 1.54) is 5.56 Å². The van der Waals surface area contributed by atoms with E-state index in [9.17, 15) is 5.11 Å². The predicted molar refractivity (Wildman–Crippen MR) is 68.0 cm³/mol. The maximum absolute atomic E-state index is 9.26. The van der Waals surface area contributed by atoms with Crippen LogP contribution < -0.4 is 5.32 Å². The molecule has 0 bridgehead atoms. The van der Waals surface area contributed by atoms with Gasteiger partial charge in [-0.15, -0.1) is 0 Å². The largest absolute Gasteiger partial charge is 0.508 e. The molecule has 0 spiro atoms. The molecule has 2 N–H and O–H groups in total. The van der Waals surface area contributed by atoms with Crippen molar-refractivity contribution in [3.05, 3.63) is 29.8 Å². The zero-order valence-corrected chi connectivity index (χ0v) is 10.5. The molecule has 1 heterocycles. The summed E-state index contributed by atoms with van der Waals surface area (Å²) < 4.78 is 5.41. The van der Waals surface area contributed by atoms with Crippen LogP contribution in [0.15, 0.2) is 24.3 Å². The molecule has 0 amide bonds. The number of aromatic hydroxyl groups is 1. The summed E-state index contributed by atoms with van der Waals surface area (Å²) in [6.07, 6.45) is 1.15. The molecular formula is C14H21NO2. The third-order valence-electron chi connectivity index (χ3n) is 3.58. The van der Waals surface area contributed by atoms with Crippen LogP contribution in [0.4, 0.5) is 0 Å². The van der Waals surface area contributed by atoms with E-state index >= 15 is 0 Å². The summed E-state index contributed by atoms with van der Waals surface area (Å²) in [5.41, 5.74) is 1.20. The van der Waals surface area contributed by atoms with Gasteiger partial charge in [0.25, 0.3) is 0 Å². The Morgan fingerprint density at radius 1 is 1.29 bits per heavy atom. The molecule has 2 rings (SSSR count). The predicted octanol–water partition coefficient (Wildman–Crippen LogP) is 2.47. The molecule has 1 fully saturated rings. The minimum atomic E-state index is 0.297. The molecular weight excluding hydrogens is 214 g/mol. The molecule has 3 atom stereocenters. The van der Waals surface area contributed by atoms with Crippen molar-refractivity contribution in [3.8, 4) is 5.75 Å². The van der Waals surface area contributed by atoms with E-state index in [-0.39, 0.29) is 0 Å². The molecule has 1 aliphatic heterocycles. The first-order chi connectivity index (χ1) is 8.16. The van der Waals surface area contributed by atoms with Crippen molar-refractivity contribution < 1.29 is 9.84 Å². The molecule has 3 unspecified atom stereocenters. The molecule has 1 aromatic carbocycles. The molecule has 1 aliphatic rings. The molecule has 0 aromatic heterocycles. The van der Waals surface area contributed by atoms with Crippen LogP contribution in [-0.2, 0) is 4.74 Å². The number of nitrogens with one attached hydrogen (secondary N) is 1. The average molecular weight is 235 g/mol. The first-order valence-corrected chi connectivity index (χ1v) is 6.29. The fraction of sp³-hybridized carbons (Fsp3) is 0.571. The van der Waals surface area contributed by atoms with Gasteiger partial charge in [-0.05, 0) is 43.9 Å². The molecule has 0 radical (unpaired) electrons. The Labute approximate surface area is 103 Å². The average Bonchev–Trinajstić information content (AvgIpc) is 2.83. The maximum Gasteiger partial charge on any atom is 0.115 e. The van der Waals surface area contributed by atoms with Crippen molar-refractivity contribution in [1.82, 2.24) is 5.32 Å². The van der Waals surface area contributed by atoms with Gasteiger partial charge in [0.05, 0.1) is 6.61 Å². The Kier molecular flexibility index (Phi) is 4.02. The van der Waals surface area contributed by atoms with Gasteiger partial charge in [0, 0.05) is 18.7 Å². The summed E-state index contributed by atoms with van der Waals surface area (Å²) in [7, 11) is 0. The summed E-state index contributed by atoms with van der Waals surface area (Å²) >= 11 is 0. The van der Waals surface area contributed by atoms with Gasteiger partial charge in [-0.1, -0.05) is 12.1 Å². The fourth-order valence-electron chi connectivity index (χ4n) is 2.34. The van der Waals surface area contributed by atoms with Gasteiger partial charge in [-0.2, -0.15) is 0 Å². The Balaban J connectivity index is 1.91. The second kappa shape index (κ2) is 5.52. The van der Waals surface area contributed by atoms with E-state index < -0.39 is 0 Å². The van der Waals surface area contributed by atoms with Gasteiger partial charge >= 0.3 is 0 Å². The third-order valence-corrected chi connectivity index (χ3v) is 3.58. The molecule has 94 valence electrons. The van der Waals surface area contributed by atoms with Gasteiger partial charge in [0.1, 0.15) is 5.75 Å². The van der Waals surface area contributed by atoms with E-state index in [1.807, 2.05) is 12.1 Å². The highest BCUT2D eigenvalue weighted by Crippen LogP contribution is 2.21. The number of hydrogen-bond acceptors (Lipinski definition) is 3. The van der Waals surface area contributed by atoms with Crippen molar-refractivity contribution in [2.24, 2.45) is 5.92 Å². The lowest BCUT2D eigenvalue weighted by Crippen LogP contribution is -2.35. The van der Waals surface area contributed by atoms with E-state index in [2.05, 4.69) is 19.2 Å². The second-order valence-corrected chi connectivity index (χ2v) is 4.89. The van der Waals surface area contributed by atoms with Crippen molar-refractivity contribution in [1.29, 1.82) is 0 Å². The highest BCUT2D eigenvalue weighted by atomic mass is 16.5. The summed E-state index contributed by atoms with van der Waals surface area (Å²) in [4.78, 5) is 0. The van der Waals surface area contributed by atoms with Crippen molar-refractivity contribution in [2.45, 2.75) is 32.4 Å². The quantitative estimate of drug-likeness (QED) is 0.842. The van der Waals surface area contributed by atoms with Crippen LogP contribution in [-0.4, -0.2) is 24.4 Å². The first-order valence-electron chi connectivity index (χ1n) is 6.29. The Morgan fingerprint density at radius 2 is 2.00 bits per heavy atom. The van der Waals surface area contributed by atoms with Crippen LogP contribution in [0.1, 0.15) is 31.9 Å². The monoisotopic (exact) mass is 235 g/mol. The lowest BCUT2D eigenvalue weighted by Gasteiger charge is -2.24. The standard InChI is InChI=1S/C14H21NO2/c1-10(12-3-5-14(16)6-4-12)15-11(2)13-7-8-17-9-13/h3-6,10-11,13,15-16H,7-9H2,1-2H3. The molecule has 3 nitrogen and oxygen atoms in total. The van der Waals surface area contributed by atoms with E-state index in [1.54, 1.807) is 12.1 Å². The highest BCUT2D eigenvalue weighted by molar-refractivity contribution is 5.27. The number of benzene rings is 1. The van der Waals surface area contributed by atoms with Gasteiger partial charge in [-0.3, -0.25) is 0 Å². The molecule has 0 saturated carbocycles. The number of rotatable bonds is 4. The second-order valence-electron chi connectivity index (χ2n) is 4.89. The summed E-state index contributed by atoms with van der Waals surface area (Å²) in [5.74, 6) is 0.938. The van der Waals surface area contributed by atoms with Crippen LogP contribution in [0, 0.1) is 5.92 Å². The van der Waals surface area contributed by atoms with Crippen LogP contribution >= 0.6 is 0 Å². The topological polar surface area (TPSA) is 41.5 Å². The normalized spacial score (nSPS) is 23.5. The zero-order valence-electron chi connectivity index (χ0n) is 10.5. The Hall–Kier alpha value is -1.06. The van der Waals surface area contributed by atoms with Crippen LogP contribution in [0.3, 0.4) is 0 Å². The smallest absolute Gasteiger partial charge is 0.115 e. The Morgan fingerprint density at radius 3 is 2.59 bits per heavy atom. The molecule has 17 heavy (non-hydrogen) atoms. The zero-order chi connectivity index (χ0) is 12.3. The van der Waals surface area contributed by atoms with Gasteiger partial charge in [0.15, 0.2) is 0 Å². The maximum atomic E-state index is 9.26. The summed E-state index contributed by atoms with van der Waals surface area (Å²) in [6.45, 7) is 6.13. The number of phenolic OH excluding ortho intramolecular Hbond substituents is 1. The molecule has 3 heteroatoms.